The Kier molecular flexibility index (Phi) is 9.26. The molecule has 3 aromatic rings. The number of anilines is 1. The zero-order valence-corrected chi connectivity index (χ0v) is 25.0. The van der Waals surface area contributed by atoms with Gasteiger partial charge in [0.1, 0.15) is 0 Å². The number of ether oxygens (including phenoxy) is 1. The van der Waals surface area contributed by atoms with Gasteiger partial charge in [-0.15, -0.1) is 0 Å². The van der Waals surface area contributed by atoms with E-state index in [1.54, 1.807) is 66.6 Å². The van der Waals surface area contributed by atoms with Crippen LogP contribution in [-0.2, 0) is 24.7 Å². The predicted molar refractivity (Wildman–Crippen MR) is 164 cm³/mol. The molecule has 0 aliphatic carbocycles. The summed E-state index contributed by atoms with van der Waals surface area (Å²) >= 11 is 0. The van der Waals surface area contributed by atoms with Gasteiger partial charge in [0, 0.05) is 42.8 Å². The van der Waals surface area contributed by atoms with Gasteiger partial charge in [-0.3, -0.25) is 19.2 Å². The molecule has 1 saturated heterocycles. The maximum Gasteiger partial charge on any atom is 0.305 e. The number of hydrogen-bond donors (Lipinski definition) is 2. The number of benzene rings is 2. The van der Waals surface area contributed by atoms with Crippen molar-refractivity contribution in [2.45, 2.75) is 57.1 Å². The summed E-state index contributed by atoms with van der Waals surface area (Å²) in [5.74, 6) is -1.71. The van der Waals surface area contributed by atoms with Crippen molar-refractivity contribution in [3.8, 4) is 5.69 Å². The Labute approximate surface area is 255 Å². The minimum Gasteiger partial charge on any atom is -0.469 e. The van der Waals surface area contributed by atoms with E-state index in [2.05, 4.69) is 5.10 Å². The van der Waals surface area contributed by atoms with Crippen molar-refractivity contribution in [3.63, 3.8) is 0 Å². The predicted octanol–water partition coefficient (Wildman–Crippen LogP) is 2.83. The van der Waals surface area contributed by atoms with E-state index in [0.717, 1.165) is 12.8 Å². The normalized spacial score (nSPS) is 20.5. The number of unbranched alkanes of at least 4 members (excludes halogenated alkanes) is 1. The molecule has 2 amide bonds. The van der Waals surface area contributed by atoms with Crippen LogP contribution in [0.3, 0.4) is 0 Å². The Bertz CT molecular complexity index is 1650. The Morgan fingerprint density at radius 3 is 2.75 bits per heavy atom. The number of methoxy groups -OCH3 is 1. The van der Waals surface area contributed by atoms with Gasteiger partial charge < -0.3 is 24.7 Å². The van der Waals surface area contributed by atoms with Gasteiger partial charge in [0.05, 0.1) is 42.7 Å². The monoisotopic (exact) mass is 602 g/mol. The van der Waals surface area contributed by atoms with Crippen LogP contribution in [0.25, 0.3) is 16.5 Å². The van der Waals surface area contributed by atoms with Crippen molar-refractivity contribution < 1.29 is 29.3 Å². The quantitative estimate of drug-likeness (QED) is 0.194. The average Bonchev–Trinajstić information content (AvgIpc) is 3.60. The molecule has 0 radical (unpaired) electrons. The molecule has 2 aromatic carbocycles. The van der Waals surface area contributed by atoms with Crippen LogP contribution in [0.2, 0.25) is 0 Å². The highest BCUT2D eigenvalue weighted by atomic mass is 16.5. The van der Waals surface area contributed by atoms with E-state index >= 15 is 0 Å². The van der Waals surface area contributed by atoms with Crippen LogP contribution in [0.15, 0.2) is 65.6 Å². The van der Waals surface area contributed by atoms with Gasteiger partial charge in [0.15, 0.2) is 5.60 Å². The molecular formula is C33H38N4O7. The maximum atomic E-state index is 14.0. The van der Waals surface area contributed by atoms with Crippen LogP contribution in [-0.4, -0.2) is 75.5 Å². The highest BCUT2D eigenvalue weighted by Gasteiger charge is 2.52. The first kappa shape index (κ1) is 31.1. The maximum absolute atomic E-state index is 14.0. The number of carbonyl (C=O) groups excluding carboxylic acids is 3. The Morgan fingerprint density at radius 1 is 1.18 bits per heavy atom. The van der Waals surface area contributed by atoms with Gasteiger partial charge in [-0.25, -0.2) is 0 Å². The average molecular weight is 603 g/mol. The molecule has 0 spiro atoms. The molecule has 3 heterocycles. The van der Waals surface area contributed by atoms with Crippen molar-refractivity contribution in [1.82, 2.24) is 14.7 Å². The molecule has 0 saturated carbocycles. The fraction of sp³-hybridized carbons (Fsp3) is 0.424. The molecule has 11 nitrogen and oxygen atoms in total. The van der Waals surface area contributed by atoms with Gasteiger partial charge >= 0.3 is 5.97 Å². The number of rotatable bonds is 11. The van der Waals surface area contributed by atoms with Gasteiger partial charge in [-0.1, -0.05) is 37.3 Å². The molecule has 2 aliphatic heterocycles. The van der Waals surface area contributed by atoms with Crippen LogP contribution in [0, 0.1) is 5.92 Å². The Morgan fingerprint density at radius 2 is 1.98 bits per heavy atom. The summed E-state index contributed by atoms with van der Waals surface area (Å²) in [4.78, 5) is 54.9. The standard InChI is InChI=1S/C33H38N4O7/c1-22(9-7-13-29(39)35-18-8-11-25(35)21-38)33(43)27-19-24(37-31(41)26-12-4-3-10-23(26)20-34-37)15-16-28(27)36(32(33)42)17-6-5-14-30(40)44-2/h3-4,7,9-10,12,15-16,19-20,22,25,38,43H,5-6,8,11,13-14,17-18,21H2,1-2H3/b9-7+/t22-,25-,33+/m0/s1. The molecule has 2 aliphatic rings. The van der Waals surface area contributed by atoms with E-state index in [-0.39, 0.29) is 49.5 Å². The van der Waals surface area contributed by atoms with Crippen molar-refractivity contribution in [3.05, 3.63) is 76.7 Å². The second-order valence-electron chi connectivity index (χ2n) is 11.4. The van der Waals surface area contributed by atoms with E-state index in [1.165, 1.54) is 16.7 Å². The minimum absolute atomic E-state index is 0.0751. The van der Waals surface area contributed by atoms with Crippen molar-refractivity contribution >= 4 is 34.2 Å². The summed E-state index contributed by atoms with van der Waals surface area (Å²) in [7, 11) is 1.33. The van der Waals surface area contributed by atoms with E-state index in [1.807, 2.05) is 6.07 Å². The van der Waals surface area contributed by atoms with Crippen LogP contribution in [0.5, 0.6) is 0 Å². The number of likely N-dealkylation sites (tertiary alicyclic amines) is 1. The largest absolute Gasteiger partial charge is 0.469 e. The van der Waals surface area contributed by atoms with Gasteiger partial charge in [0.25, 0.3) is 11.5 Å². The highest BCUT2D eigenvalue weighted by molar-refractivity contribution is 6.07. The number of amides is 2. The minimum atomic E-state index is -1.98. The second kappa shape index (κ2) is 13.1. The third-order valence-corrected chi connectivity index (χ3v) is 8.72. The third kappa shape index (κ3) is 5.77. The lowest BCUT2D eigenvalue weighted by Crippen LogP contribution is -2.44. The van der Waals surface area contributed by atoms with E-state index < -0.39 is 17.4 Å². The van der Waals surface area contributed by atoms with Crippen molar-refractivity contribution in [2.75, 3.05) is 31.7 Å². The van der Waals surface area contributed by atoms with E-state index in [0.29, 0.717) is 47.1 Å². The lowest BCUT2D eigenvalue weighted by molar-refractivity contribution is -0.140. The van der Waals surface area contributed by atoms with Crippen LogP contribution in [0.4, 0.5) is 5.69 Å². The fourth-order valence-electron chi connectivity index (χ4n) is 6.19. The number of esters is 1. The first-order valence-electron chi connectivity index (χ1n) is 15.0. The Balaban J connectivity index is 1.46. The van der Waals surface area contributed by atoms with Gasteiger partial charge in [-0.05, 0) is 49.9 Å². The molecule has 11 heteroatoms. The number of aliphatic hydroxyl groups is 2. The van der Waals surface area contributed by atoms with Crippen molar-refractivity contribution in [1.29, 1.82) is 0 Å². The van der Waals surface area contributed by atoms with E-state index in [9.17, 15) is 29.4 Å². The molecule has 0 bridgehead atoms. The van der Waals surface area contributed by atoms with Gasteiger partial charge in [-0.2, -0.15) is 9.78 Å². The second-order valence-corrected chi connectivity index (χ2v) is 11.4. The van der Waals surface area contributed by atoms with E-state index in [4.69, 9.17) is 4.74 Å². The third-order valence-electron chi connectivity index (χ3n) is 8.72. The fourth-order valence-corrected chi connectivity index (χ4v) is 6.19. The number of carbonyl (C=O) groups is 3. The van der Waals surface area contributed by atoms with Gasteiger partial charge in [0.2, 0.25) is 5.91 Å². The number of nitrogens with zero attached hydrogens (tertiary/aromatic N) is 4. The molecule has 5 rings (SSSR count). The van der Waals surface area contributed by atoms with Crippen LogP contribution < -0.4 is 10.5 Å². The molecule has 44 heavy (non-hydrogen) atoms. The number of fused-ring (bicyclic) bond motifs is 2. The molecule has 3 atom stereocenters. The first-order valence-corrected chi connectivity index (χ1v) is 15.0. The highest BCUT2D eigenvalue weighted by Crippen LogP contribution is 2.46. The summed E-state index contributed by atoms with van der Waals surface area (Å²) in [6.45, 7) is 2.50. The van der Waals surface area contributed by atoms with Crippen LogP contribution in [0.1, 0.15) is 51.0 Å². The summed E-state index contributed by atoms with van der Waals surface area (Å²) in [6.07, 6.45) is 7.82. The zero-order valence-electron chi connectivity index (χ0n) is 25.0. The Hall–Kier alpha value is -4.35. The smallest absolute Gasteiger partial charge is 0.305 e. The summed E-state index contributed by atoms with van der Waals surface area (Å²) in [6, 6.07) is 12.0. The lowest BCUT2D eigenvalue weighted by Gasteiger charge is -2.28. The molecule has 1 fully saturated rings. The number of hydrogen-bond acceptors (Lipinski definition) is 8. The molecule has 0 unspecified atom stereocenters. The number of aromatic nitrogens is 2. The van der Waals surface area contributed by atoms with Crippen molar-refractivity contribution in [2.24, 2.45) is 5.92 Å². The molecule has 1 aromatic heterocycles. The summed E-state index contributed by atoms with van der Waals surface area (Å²) in [5.41, 5.74) is -1.07. The molecule has 2 N–H and O–H groups in total. The summed E-state index contributed by atoms with van der Waals surface area (Å²) < 4.78 is 5.96. The lowest BCUT2D eigenvalue weighted by atomic mass is 9.82. The first-order chi connectivity index (χ1) is 21.2. The van der Waals surface area contributed by atoms with Crippen LogP contribution >= 0.6 is 0 Å². The number of aliphatic hydroxyl groups excluding tert-OH is 1. The SMILES string of the molecule is COC(=O)CCCCN1C(=O)[C@@](O)([C@@H](C)/C=C/CC(=O)N2CCC[C@H]2CO)c2cc(-n3ncc4ccccc4c3=O)ccc21. The molecule has 232 valence electrons. The molecular weight excluding hydrogens is 564 g/mol. The summed E-state index contributed by atoms with van der Waals surface area (Å²) in [5, 5.41) is 27.3. The topological polar surface area (TPSA) is 142 Å². The zero-order chi connectivity index (χ0) is 31.4.